The van der Waals surface area contributed by atoms with Gasteiger partial charge in [0.15, 0.2) is 6.10 Å². The molecule has 0 aliphatic rings. The van der Waals surface area contributed by atoms with Crippen LogP contribution < -0.4 is 0 Å². The van der Waals surface area contributed by atoms with Crippen molar-refractivity contribution in [2.45, 2.75) is 374 Å². The molecule has 71 heavy (non-hydrogen) atoms. The maximum Gasteiger partial charge on any atom is 0.306 e. The van der Waals surface area contributed by atoms with E-state index in [2.05, 4.69) is 32.9 Å². The number of unbranched alkanes of at least 4 members (excludes halogenated alkanes) is 47. The molecule has 0 bridgehead atoms. The molecule has 0 fully saturated rings. The number of carbonyl (C=O) groups excluding carboxylic acids is 3. The van der Waals surface area contributed by atoms with Gasteiger partial charge in [0.2, 0.25) is 0 Å². The molecule has 0 radical (unpaired) electrons. The Morgan fingerprint density at radius 2 is 0.465 bits per heavy atom. The van der Waals surface area contributed by atoms with E-state index in [1.807, 2.05) is 0 Å². The average Bonchev–Trinajstić information content (AvgIpc) is 3.37. The van der Waals surface area contributed by atoms with Crippen molar-refractivity contribution in [1.29, 1.82) is 0 Å². The van der Waals surface area contributed by atoms with E-state index in [1.165, 1.54) is 270 Å². The first-order chi connectivity index (χ1) is 35.0. The van der Waals surface area contributed by atoms with Gasteiger partial charge in [-0.15, -0.1) is 0 Å². The normalized spacial score (nSPS) is 12.0. The Labute approximate surface area is 443 Å². The van der Waals surface area contributed by atoms with Crippen LogP contribution in [0.5, 0.6) is 0 Å². The molecular weight excluding hydrogens is 877 g/mol. The topological polar surface area (TPSA) is 78.9 Å². The van der Waals surface area contributed by atoms with Crippen LogP contribution in [-0.4, -0.2) is 37.2 Å². The van der Waals surface area contributed by atoms with Gasteiger partial charge in [-0.25, -0.2) is 0 Å². The summed E-state index contributed by atoms with van der Waals surface area (Å²) >= 11 is 0. The van der Waals surface area contributed by atoms with Gasteiger partial charge in [-0.1, -0.05) is 315 Å². The van der Waals surface area contributed by atoms with Crippen molar-refractivity contribution < 1.29 is 28.6 Å². The Hall–Kier alpha value is -1.85. The third-order valence-electron chi connectivity index (χ3n) is 14.8. The molecule has 0 aromatic rings. The van der Waals surface area contributed by atoms with Crippen molar-refractivity contribution in [2.75, 3.05) is 13.2 Å². The Bertz CT molecular complexity index is 1100. The highest BCUT2D eigenvalue weighted by Crippen LogP contribution is 2.18. The van der Waals surface area contributed by atoms with E-state index >= 15 is 0 Å². The SMILES string of the molecule is CCCCCC/C=C\CCCCCCCCCC(=O)OC[C@H](COC(=O)CCCCCCCCCCCCCCCCCCCCCCC)OC(=O)CCCCCCCCCCCCCCCCCCC. The summed E-state index contributed by atoms with van der Waals surface area (Å²) in [6, 6.07) is 0. The molecule has 0 aliphatic heterocycles. The van der Waals surface area contributed by atoms with Crippen LogP contribution in [0.2, 0.25) is 0 Å². The minimum atomic E-state index is -0.767. The lowest BCUT2D eigenvalue weighted by Gasteiger charge is -2.18. The second kappa shape index (κ2) is 60.7. The zero-order valence-electron chi connectivity index (χ0n) is 48.3. The van der Waals surface area contributed by atoms with Crippen molar-refractivity contribution in [1.82, 2.24) is 0 Å². The molecule has 0 heterocycles. The summed E-state index contributed by atoms with van der Waals surface area (Å²) < 4.78 is 17.0. The number of carbonyl (C=O) groups is 3. The molecule has 0 aromatic carbocycles. The van der Waals surface area contributed by atoms with Gasteiger partial charge in [0, 0.05) is 19.3 Å². The molecule has 0 spiro atoms. The van der Waals surface area contributed by atoms with E-state index < -0.39 is 6.10 Å². The standard InChI is InChI=1S/C65H124O6/c1-4-7-10-13-16-19-22-25-28-30-31-32-33-35-37-40-43-46-49-52-55-58-64(67)70-61-62(60-69-63(66)57-54-51-48-45-42-39-36-27-24-21-18-15-12-9-6-3)71-65(68)59-56-53-50-47-44-41-38-34-29-26-23-20-17-14-11-8-5-2/h21,24,62H,4-20,22-23,25-61H2,1-3H3/b24-21-/t62-/m1/s1. The van der Waals surface area contributed by atoms with Crippen LogP contribution >= 0.6 is 0 Å². The lowest BCUT2D eigenvalue weighted by Crippen LogP contribution is -2.30. The molecule has 6 nitrogen and oxygen atoms in total. The largest absolute Gasteiger partial charge is 0.462 e. The fourth-order valence-corrected chi connectivity index (χ4v) is 9.91. The molecule has 0 rings (SSSR count). The monoisotopic (exact) mass is 1000 g/mol. The Morgan fingerprint density at radius 1 is 0.268 bits per heavy atom. The fraction of sp³-hybridized carbons (Fsp3) is 0.923. The molecule has 1 atom stereocenters. The summed E-state index contributed by atoms with van der Waals surface area (Å²) in [7, 11) is 0. The number of rotatable bonds is 60. The van der Waals surface area contributed by atoms with Crippen LogP contribution in [0.15, 0.2) is 12.2 Å². The van der Waals surface area contributed by atoms with E-state index in [0.29, 0.717) is 19.3 Å². The van der Waals surface area contributed by atoms with E-state index in [0.717, 1.165) is 57.8 Å². The third kappa shape index (κ3) is 58.9. The van der Waals surface area contributed by atoms with E-state index in [4.69, 9.17) is 14.2 Å². The zero-order valence-corrected chi connectivity index (χ0v) is 48.3. The highest BCUT2D eigenvalue weighted by Gasteiger charge is 2.19. The summed E-state index contributed by atoms with van der Waals surface area (Å²) in [6.07, 6.45) is 70.7. The molecule has 420 valence electrons. The molecule has 0 aliphatic carbocycles. The predicted octanol–water partition coefficient (Wildman–Crippen LogP) is 21.7. The van der Waals surface area contributed by atoms with Crippen LogP contribution in [0.4, 0.5) is 0 Å². The van der Waals surface area contributed by atoms with Crippen LogP contribution in [-0.2, 0) is 28.6 Å². The number of hydrogen-bond donors (Lipinski definition) is 0. The highest BCUT2D eigenvalue weighted by molar-refractivity contribution is 5.71. The van der Waals surface area contributed by atoms with Crippen LogP contribution in [0, 0.1) is 0 Å². The quantitative estimate of drug-likeness (QED) is 0.0261. The van der Waals surface area contributed by atoms with Gasteiger partial charge >= 0.3 is 17.9 Å². The molecular formula is C65H124O6. The van der Waals surface area contributed by atoms with E-state index in [9.17, 15) is 14.4 Å². The van der Waals surface area contributed by atoms with E-state index in [1.54, 1.807) is 0 Å². The molecule has 0 saturated heterocycles. The lowest BCUT2D eigenvalue weighted by molar-refractivity contribution is -0.167. The summed E-state index contributed by atoms with van der Waals surface area (Å²) in [5.74, 6) is -0.838. The number of ether oxygens (including phenoxy) is 3. The fourth-order valence-electron chi connectivity index (χ4n) is 9.91. The van der Waals surface area contributed by atoms with Gasteiger partial charge in [0.05, 0.1) is 0 Å². The second-order valence-corrected chi connectivity index (χ2v) is 22.0. The van der Waals surface area contributed by atoms with Crippen LogP contribution in [0.25, 0.3) is 0 Å². The van der Waals surface area contributed by atoms with Gasteiger partial charge in [-0.05, 0) is 44.9 Å². The minimum absolute atomic E-state index is 0.0646. The first-order valence-corrected chi connectivity index (χ1v) is 32.2. The smallest absolute Gasteiger partial charge is 0.306 e. The third-order valence-corrected chi connectivity index (χ3v) is 14.8. The van der Waals surface area contributed by atoms with Crippen molar-refractivity contribution in [3.63, 3.8) is 0 Å². The lowest BCUT2D eigenvalue weighted by atomic mass is 10.0. The maximum absolute atomic E-state index is 12.9. The van der Waals surface area contributed by atoms with Gasteiger partial charge in [0.1, 0.15) is 13.2 Å². The number of hydrogen-bond acceptors (Lipinski definition) is 6. The zero-order chi connectivity index (χ0) is 51.4. The highest BCUT2D eigenvalue weighted by atomic mass is 16.6. The summed E-state index contributed by atoms with van der Waals surface area (Å²) in [6.45, 7) is 6.70. The second-order valence-electron chi connectivity index (χ2n) is 22.0. The van der Waals surface area contributed by atoms with Crippen LogP contribution in [0.1, 0.15) is 367 Å². The van der Waals surface area contributed by atoms with Crippen molar-refractivity contribution in [3.05, 3.63) is 12.2 Å². The number of esters is 3. The van der Waals surface area contributed by atoms with Gasteiger partial charge in [-0.2, -0.15) is 0 Å². The minimum Gasteiger partial charge on any atom is -0.462 e. The Balaban J connectivity index is 4.27. The molecule has 0 amide bonds. The van der Waals surface area contributed by atoms with E-state index in [-0.39, 0.29) is 31.1 Å². The van der Waals surface area contributed by atoms with Gasteiger partial charge < -0.3 is 14.2 Å². The van der Waals surface area contributed by atoms with Crippen molar-refractivity contribution in [3.8, 4) is 0 Å². The van der Waals surface area contributed by atoms with Crippen molar-refractivity contribution >= 4 is 17.9 Å². The summed E-state index contributed by atoms with van der Waals surface area (Å²) in [5.41, 5.74) is 0. The van der Waals surface area contributed by atoms with Crippen molar-refractivity contribution in [2.24, 2.45) is 0 Å². The summed E-state index contributed by atoms with van der Waals surface area (Å²) in [5, 5.41) is 0. The van der Waals surface area contributed by atoms with Gasteiger partial charge in [-0.3, -0.25) is 14.4 Å². The summed E-state index contributed by atoms with van der Waals surface area (Å²) in [4.78, 5) is 38.3. The molecule has 0 aromatic heterocycles. The first-order valence-electron chi connectivity index (χ1n) is 32.2. The number of allylic oxidation sites excluding steroid dienone is 2. The first kappa shape index (κ1) is 69.2. The molecule has 6 heteroatoms. The maximum atomic E-state index is 12.9. The average molecular weight is 1000 g/mol. The Kier molecular flexibility index (Phi) is 59.1. The molecule has 0 N–H and O–H groups in total. The van der Waals surface area contributed by atoms with Gasteiger partial charge in [0.25, 0.3) is 0 Å². The Morgan fingerprint density at radius 3 is 0.718 bits per heavy atom. The molecule has 0 unspecified atom stereocenters. The predicted molar refractivity (Wildman–Crippen MR) is 307 cm³/mol. The van der Waals surface area contributed by atoms with Crippen LogP contribution in [0.3, 0.4) is 0 Å². The molecule has 0 saturated carbocycles.